The van der Waals surface area contributed by atoms with Gasteiger partial charge in [0.15, 0.2) is 5.82 Å². The van der Waals surface area contributed by atoms with E-state index in [1.165, 1.54) is 6.42 Å². The lowest BCUT2D eigenvalue weighted by atomic mass is 10.2. The van der Waals surface area contributed by atoms with E-state index in [9.17, 15) is 0 Å². The Labute approximate surface area is 130 Å². The smallest absolute Gasteiger partial charge is 0.226 e. The quantitative estimate of drug-likeness (QED) is 0.734. The van der Waals surface area contributed by atoms with Gasteiger partial charge in [-0.2, -0.15) is 10.1 Å². The molecule has 1 fully saturated rings. The third-order valence-corrected chi connectivity index (χ3v) is 4.19. The molecule has 8 heteroatoms. The summed E-state index contributed by atoms with van der Waals surface area (Å²) in [7, 11) is 2.13. The number of likely N-dealkylation sites (tertiary alicyclic amines) is 1. The van der Waals surface area contributed by atoms with Crippen molar-refractivity contribution in [3.05, 3.63) is 24.4 Å². The van der Waals surface area contributed by atoms with Crippen molar-refractivity contribution in [3.63, 3.8) is 0 Å². The number of likely N-dealkylation sites (N-methyl/N-ethyl adjacent to an activating group) is 1. The van der Waals surface area contributed by atoms with Gasteiger partial charge in [0.05, 0.1) is 13.1 Å². The lowest BCUT2D eigenvalue weighted by Gasteiger charge is -2.23. The van der Waals surface area contributed by atoms with Crippen LogP contribution in [0.2, 0.25) is 0 Å². The van der Waals surface area contributed by atoms with Crippen LogP contribution in [-0.4, -0.2) is 67.4 Å². The molecule has 22 heavy (non-hydrogen) atoms. The summed E-state index contributed by atoms with van der Waals surface area (Å²) in [5, 5.41) is 8.17. The largest absolute Gasteiger partial charge is 0.339 e. The standard InChI is InChI=1S/C14H23N7O/c1-3-14-17-13(18-22-14)9-19(2)12-4-5-20(8-12)6-7-21-11-15-10-16-21/h10-12H,3-9H2,1-2H3/t12-/m0/s1. The van der Waals surface area contributed by atoms with E-state index in [0.717, 1.165) is 45.0 Å². The normalized spacial score (nSPS) is 19.3. The highest BCUT2D eigenvalue weighted by Crippen LogP contribution is 2.16. The molecule has 0 aliphatic carbocycles. The first kappa shape index (κ1) is 15.1. The summed E-state index contributed by atoms with van der Waals surface area (Å²) in [5.74, 6) is 1.49. The molecule has 0 N–H and O–H groups in total. The summed E-state index contributed by atoms with van der Waals surface area (Å²) < 4.78 is 7.04. The van der Waals surface area contributed by atoms with Gasteiger partial charge in [-0.3, -0.25) is 14.5 Å². The van der Waals surface area contributed by atoms with Gasteiger partial charge in [-0.1, -0.05) is 12.1 Å². The lowest BCUT2D eigenvalue weighted by molar-refractivity contribution is 0.215. The molecule has 8 nitrogen and oxygen atoms in total. The minimum Gasteiger partial charge on any atom is -0.339 e. The minimum absolute atomic E-state index is 0.541. The predicted octanol–water partition coefficient (Wildman–Crippen LogP) is 0.430. The summed E-state index contributed by atoms with van der Waals surface area (Å²) in [4.78, 5) is 13.1. The molecule has 1 atom stereocenters. The molecule has 3 rings (SSSR count). The third-order valence-electron chi connectivity index (χ3n) is 4.19. The molecule has 0 aromatic carbocycles. The lowest BCUT2D eigenvalue weighted by Crippen LogP contribution is -2.35. The van der Waals surface area contributed by atoms with Gasteiger partial charge in [-0.05, 0) is 20.0 Å². The van der Waals surface area contributed by atoms with Gasteiger partial charge in [-0.25, -0.2) is 4.98 Å². The Kier molecular flexibility index (Phi) is 4.79. The minimum atomic E-state index is 0.541. The van der Waals surface area contributed by atoms with Gasteiger partial charge in [0.1, 0.15) is 12.7 Å². The zero-order chi connectivity index (χ0) is 15.4. The monoisotopic (exact) mass is 305 g/mol. The first-order valence-electron chi connectivity index (χ1n) is 7.81. The zero-order valence-electron chi connectivity index (χ0n) is 13.2. The van der Waals surface area contributed by atoms with Crippen molar-refractivity contribution < 1.29 is 4.52 Å². The molecule has 2 aromatic rings. The van der Waals surface area contributed by atoms with Crippen LogP contribution < -0.4 is 0 Å². The Morgan fingerprint density at radius 2 is 2.32 bits per heavy atom. The van der Waals surface area contributed by atoms with Crippen LogP contribution in [0.4, 0.5) is 0 Å². The molecule has 2 aromatic heterocycles. The van der Waals surface area contributed by atoms with Crippen molar-refractivity contribution in [2.45, 2.75) is 38.9 Å². The van der Waals surface area contributed by atoms with E-state index >= 15 is 0 Å². The van der Waals surface area contributed by atoms with Crippen molar-refractivity contribution >= 4 is 0 Å². The fourth-order valence-electron chi connectivity index (χ4n) is 2.82. The van der Waals surface area contributed by atoms with Crippen molar-refractivity contribution in [1.82, 2.24) is 34.7 Å². The van der Waals surface area contributed by atoms with Crippen LogP contribution >= 0.6 is 0 Å². The molecule has 0 spiro atoms. The highest BCUT2D eigenvalue weighted by Gasteiger charge is 2.26. The maximum Gasteiger partial charge on any atom is 0.226 e. The fourth-order valence-corrected chi connectivity index (χ4v) is 2.82. The number of nitrogens with zero attached hydrogens (tertiary/aromatic N) is 7. The van der Waals surface area contributed by atoms with Gasteiger partial charge in [0.2, 0.25) is 5.89 Å². The molecule has 0 bridgehead atoms. The van der Waals surface area contributed by atoms with E-state index in [1.54, 1.807) is 12.7 Å². The average molecular weight is 305 g/mol. The van der Waals surface area contributed by atoms with Gasteiger partial charge in [0.25, 0.3) is 0 Å². The number of hydrogen-bond acceptors (Lipinski definition) is 7. The average Bonchev–Trinajstić information content (AvgIpc) is 3.26. The van der Waals surface area contributed by atoms with Gasteiger partial charge < -0.3 is 4.52 Å². The van der Waals surface area contributed by atoms with Gasteiger partial charge >= 0.3 is 0 Å². The second-order valence-corrected chi connectivity index (χ2v) is 5.77. The summed E-state index contributed by atoms with van der Waals surface area (Å²) in [5.41, 5.74) is 0. The van der Waals surface area contributed by atoms with Crippen LogP contribution in [0.1, 0.15) is 25.1 Å². The van der Waals surface area contributed by atoms with E-state index < -0.39 is 0 Å². The van der Waals surface area contributed by atoms with Crippen LogP contribution in [0.3, 0.4) is 0 Å². The molecule has 120 valence electrons. The summed E-state index contributed by atoms with van der Waals surface area (Å²) in [6.07, 6.45) is 5.31. The second kappa shape index (κ2) is 6.97. The second-order valence-electron chi connectivity index (χ2n) is 5.77. The Balaban J connectivity index is 1.45. The number of hydrogen-bond donors (Lipinski definition) is 0. The Bertz CT molecular complexity index is 568. The van der Waals surface area contributed by atoms with Gasteiger partial charge in [-0.15, -0.1) is 0 Å². The Hall–Kier alpha value is -1.80. The molecule has 0 amide bonds. The predicted molar refractivity (Wildman–Crippen MR) is 80.0 cm³/mol. The Morgan fingerprint density at radius 3 is 3.05 bits per heavy atom. The maximum absolute atomic E-state index is 5.16. The molecule has 3 heterocycles. The fraction of sp³-hybridized carbons (Fsp3) is 0.714. The van der Waals surface area contributed by atoms with Crippen molar-refractivity contribution in [1.29, 1.82) is 0 Å². The van der Waals surface area contributed by atoms with E-state index in [1.807, 2.05) is 11.6 Å². The van der Waals surface area contributed by atoms with Crippen molar-refractivity contribution in [2.75, 3.05) is 26.7 Å². The summed E-state index contributed by atoms with van der Waals surface area (Å²) in [6, 6.07) is 0.541. The van der Waals surface area contributed by atoms with Crippen LogP contribution in [0.5, 0.6) is 0 Å². The van der Waals surface area contributed by atoms with Crippen molar-refractivity contribution in [3.8, 4) is 0 Å². The molecule has 0 radical (unpaired) electrons. The van der Waals surface area contributed by atoms with E-state index in [4.69, 9.17) is 4.52 Å². The highest BCUT2D eigenvalue weighted by atomic mass is 16.5. The van der Waals surface area contributed by atoms with Gasteiger partial charge in [0, 0.05) is 25.6 Å². The SMILES string of the molecule is CCc1nc(CN(C)[C@H]2CCN(CCn3cncn3)C2)no1. The number of aryl methyl sites for hydroxylation is 1. The summed E-state index contributed by atoms with van der Waals surface area (Å²) in [6.45, 7) is 6.85. The number of rotatable bonds is 7. The summed E-state index contributed by atoms with van der Waals surface area (Å²) >= 11 is 0. The van der Waals surface area contributed by atoms with Crippen molar-refractivity contribution in [2.24, 2.45) is 0 Å². The first-order chi connectivity index (χ1) is 10.7. The molecule has 1 saturated heterocycles. The third kappa shape index (κ3) is 3.69. The van der Waals surface area contributed by atoms with E-state index in [2.05, 4.69) is 37.1 Å². The van der Waals surface area contributed by atoms with Crippen LogP contribution in [0.15, 0.2) is 17.2 Å². The Morgan fingerprint density at radius 1 is 1.41 bits per heavy atom. The van der Waals surface area contributed by atoms with Crippen LogP contribution in [0.25, 0.3) is 0 Å². The maximum atomic E-state index is 5.16. The molecule has 1 aliphatic rings. The van der Waals surface area contributed by atoms with E-state index in [0.29, 0.717) is 11.9 Å². The zero-order valence-corrected chi connectivity index (χ0v) is 13.2. The first-order valence-corrected chi connectivity index (χ1v) is 7.81. The molecule has 0 saturated carbocycles. The van der Waals surface area contributed by atoms with Crippen LogP contribution in [-0.2, 0) is 19.5 Å². The molecule has 0 unspecified atom stereocenters. The molecular weight excluding hydrogens is 282 g/mol. The highest BCUT2D eigenvalue weighted by molar-refractivity contribution is 4.89. The number of aromatic nitrogens is 5. The topological polar surface area (TPSA) is 76.1 Å². The van der Waals surface area contributed by atoms with E-state index in [-0.39, 0.29) is 0 Å². The molecular formula is C14H23N7O. The van der Waals surface area contributed by atoms with Crippen LogP contribution in [0, 0.1) is 0 Å². The molecule has 1 aliphatic heterocycles.